The van der Waals surface area contributed by atoms with Crippen LogP contribution in [0.4, 0.5) is 0 Å². The number of para-hydroxylation sites is 1. The van der Waals surface area contributed by atoms with E-state index in [2.05, 4.69) is 16.5 Å². The van der Waals surface area contributed by atoms with Crippen LogP contribution in [-0.2, 0) is 11.3 Å². The van der Waals surface area contributed by atoms with Crippen molar-refractivity contribution in [1.29, 1.82) is 0 Å². The van der Waals surface area contributed by atoms with Gasteiger partial charge in [-0.15, -0.1) is 0 Å². The summed E-state index contributed by atoms with van der Waals surface area (Å²) >= 11 is 0. The summed E-state index contributed by atoms with van der Waals surface area (Å²) in [5.41, 5.74) is 2.49. The van der Waals surface area contributed by atoms with Gasteiger partial charge in [-0.3, -0.25) is 9.48 Å². The van der Waals surface area contributed by atoms with Gasteiger partial charge in [0.25, 0.3) is 0 Å². The van der Waals surface area contributed by atoms with Gasteiger partial charge in [0.1, 0.15) is 6.54 Å². The van der Waals surface area contributed by atoms with Crippen molar-refractivity contribution in [2.24, 2.45) is 0 Å². The Hall–Kier alpha value is -2.10. The number of benzene rings is 1. The van der Waals surface area contributed by atoms with E-state index in [1.807, 2.05) is 24.3 Å². The molecule has 110 valence electrons. The van der Waals surface area contributed by atoms with Gasteiger partial charge in [-0.25, -0.2) is 0 Å². The Kier molecular flexibility index (Phi) is 4.34. The van der Waals surface area contributed by atoms with Crippen LogP contribution in [0.25, 0.3) is 10.9 Å². The van der Waals surface area contributed by atoms with Crippen LogP contribution >= 0.6 is 0 Å². The smallest absolute Gasteiger partial charge is 0.241 e. The summed E-state index contributed by atoms with van der Waals surface area (Å²) in [6.45, 7) is 1.01. The maximum Gasteiger partial charge on any atom is 0.241 e. The van der Waals surface area contributed by atoms with E-state index in [1.54, 1.807) is 10.9 Å². The zero-order chi connectivity index (χ0) is 14.5. The summed E-state index contributed by atoms with van der Waals surface area (Å²) in [4.78, 5) is 12.0. The lowest BCUT2D eigenvalue weighted by Crippen LogP contribution is -2.29. The molecule has 0 spiro atoms. The highest BCUT2D eigenvalue weighted by Gasteiger charge is 2.08. The highest BCUT2D eigenvalue weighted by molar-refractivity contribution is 5.81. The third kappa shape index (κ3) is 3.51. The molecule has 4 heteroatoms. The molecule has 1 amide bonds. The average molecular weight is 283 g/mol. The summed E-state index contributed by atoms with van der Waals surface area (Å²) in [7, 11) is 0. The van der Waals surface area contributed by atoms with Crippen molar-refractivity contribution in [3.8, 4) is 0 Å². The lowest BCUT2D eigenvalue weighted by atomic mass is 9.97. The number of hydrogen-bond acceptors (Lipinski definition) is 2. The van der Waals surface area contributed by atoms with Crippen molar-refractivity contribution >= 4 is 16.8 Å². The minimum absolute atomic E-state index is 0.0280. The van der Waals surface area contributed by atoms with E-state index < -0.39 is 0 Å². The minimum Gasteiger partial charge on any atom is -0.354 e. The Balaban J connectivity index is 1.51. The summed E-state index contributed by atoms with van der Waals surface area (Å²) in [6.07, 6.45) is 10.1. The molecule has 21 heavy (non-hydrogen) atoms. The Morgan fingerprint density at radius 2 is 2.19 bits per heavy atom. The van der Waals surface area contributed by atoms with Crippen molar-refractivity contribution in [3.63, 3.8) is 0 Å². The molecule has 0 bridgehead atoms. The predicted molar refractivity (Wildman–Crippen MR) is 83.9 cm³/mol. The maximum atomic E-state index is 12.0. The second-order valence-corrected chi connectivity index (χ2v) is 5.57. The number of amides is 1. The van der Waals surface area contributed by atoms with Gasteiger partial charge in [0, 0.05) is 11.9 Å². The number of carbonyl (C=O) groups excluding carboxylic acids is 1. The fraction of sp³-hybridized carbons (Fsp3) is 0.412. The van der Waals surface area contributed by atoms with Gasteiger partial charge in [0.2, 0.25) is 5.91 Å². The first kappa shape index (κ1) is 13.9. The van der Waals surface area contributed by atoms with Gasteiger partial charge in [-0.1, -0.05) is 29.8 Å². The molecule has 1 aromatic heterocycles. The summed E-state index contributed by atoms with van der Waals surface area (Å²) in [6, 6.07) is 7.94. The number of hydrogen-bond donors (Lipinski definition) is 1. The predicted octanol–water partition coefficient (Wildman–Crippen LogP) is 3.04. The van der Waals surface area contributed by atoms with E-state index in [0.717, 1.165) is 23.9 Å². The van der Waals surface area contributed by atoms with Crippen LogP contribution in [0.1, 0.15) is 32.1 Å². The molecular formula is C17H21N3O. The molecule has 3 rings (SSSR count). The zero-order valence-electron chi connectivity index (χ0n) is 12.2. The molecule has 1 heterocycles. The molecule has 0 unspecified atom stereocenters. The van der Waals surface area contributed by atoms with Gasteiger partial charge >= 0.3 is 0 Å². The van der Waals surface area contributed by atoms with E-state index in [1.165, 1.54) is 31.3 Å². The second-order valence-electron chi connectivity index (χ2n) is 5.57. The van der Waals surface area contributed by atoms with Crippen LogP contribution in [0.5, 0.6) is 0 Å². The summed E-state index contributed by atoms with van der Waals surface area (Å²) < 4.78 is 1.75. The fourth-order valence-electron chi connectivity index (χ4n) is 2.84. The lowest BCUT2D eigenvalue weighted by molar-refractivity contribution is -0.121. The Morgan fingerprint density at radius 1 is 1.29 bits per heavy atom. The third-order valence-electron chi connectivity index (χ3n) is 4.00. The Bertz CT molecular complexity index is 657. The first-order valence-electron chi connectivity index (χ1n) is 7.68. The van der Waals surface area contributed by atoms with Crippen LogP contribution in [0, 0.1) is 0 Å². The standard InChI is InChI=1S/C17H21N3O/c21-17(18-11-10-14-6-2-1-3-7-14)13-20-16-9-5-4-8-15(16)12-19-20/h4-6,8-9,12H,1-3,7,10-11,13H2,(H,18,21). The summed E-state index contributed by atoms with van der Waals surface area (Å²) in [5.74, 6) is 0.0280. The molecule has 1 aromatic carbocycles. The van der Waals surface area contributed by atoms with Gasteiger partial charge in [0.15, 0.2) is 0 Å². The molecule has 1 aliphatic carbocycles. The highest BCUT2D eigenvalue weighted by atomic mass is 16.2. The number of fused-ring (bicyclic) bond motifs is 1. The average Bonchev–Trinajstić information content (AvgIpc) is 2.92. The molecule has 0 radical (unpaired) electrons. The van der Waals surface area contributed by atoms with E-state index in [-0.39, 0.29) is 12.5 Å². The normalized spacial score (nSPS) is 15.0. The van der Waals surface area contributed by atoms with Crippen molar-refractivity contribution < 1.29 is 4.79 Å². The monoisotopic (exact) mass is 283 g/mol. The lowest BCUT2D eigenvalue weighted by Gasteiger charge is -2.13. The van der Waals surface area contributed by atoms with Crippen LogP contribution in [0.15, 0.2) is 42.1 Å². The quantitative estimate of drug-likeness (QED) is 0.857. The SMILES string of the molecule is O=C(Cn1ncc2ccccc21)NCCC1=CCCCC1. The Morgan fingerprint density at radius 3 is 3.05 bits per heavy atom. The van der Waals surface area contributed by atoms with Gasteiger partial charge in [0.05, 0.1) is 11.7 Å². The number of aromatic nitrogens is 2. The fourth-order valence-corrected chi connectivity index (χ4v) is 2.84. The topological polar surface area (TPSA) is 46.9 Å². The van der Waals surface area contributed by atoms with E-state index in [4.69, 9.17) is 0 Å². The highest BCUT2D eigenvalue weighted by Crippen LogP contribution is 2.19. The number of nitrogens with zero attached hydrogens (tertiary/aromatic N) is 2. The third-order valence-corrected chi connectivity index (χ3v) is 4.00. The van der Waals surface area contributed by atoms with E-state index >= 15 is 0 Å². The second kappa shape index (κ2) is 6.57. The number of nitrogens with one attached hydrogen (secondary N) is 1. The number of rotatable bonds is 5. The van der Waals surface area contributed by atoms with Crippen molar-refractivity contribution in [2.45, 2.75) is 38.6 Å². The molecule has 2 aromatic rings. The molecule has 1 N–H and O–H groups in total. The molecule has 0 saturated heterocycles. The molecule has 0 atom stereocenters. The summed E-state index contributed by atoms with van der Waals surface area (Å²) in [5, 5.41) is 8.34. The number of allylic oxidation sites excluding steroid dienone is 1. The number of carbonyl (C=O) groups is 1. The van der Waals surface area contributed by atoms with Crippen LogP contribution < -0.4 is 5.32 Å². The van der Waals surface area contributed by atoms with Crippen molar-refractivity contribution in [3.05, 3.63) is 42.1 Å². The van der Waals surface area contributed by atoms with E-state index in [9.17, 15) is 4.79 Å². The molecule has 0 aliphatic heterocycles. The Labute approximate surface area is 124 Å². The van der Waals surface area contributed by atoms with Crippen LogP contribution in [-0.4, -0.2) is 22.2 Å². The molecule has 0 saturated carbocycles. The van der Waals surface area contributed by atoms with E-state index in [0.29, 0.717) is 0 Å². The van der Waals surface area contributed by atoms with Gasteiger partial charge < -0.3 is 5.32 Å². The first-order valence-corrected chi connectivity index (χ1v) is 7.68. The van der Waals surface area contributed by atoms with Crippen LogP contribution in [0.2, 0.25) is 0 Å². The molecule has 4 nitrogen and oxygen atoms in total. The van der Waals surface area contributed by atoms with Gasteiger partial charge in [-0.2, -0.15) is 5.10 Å². The maximum absolute atomic E-state index is 12.0. The van der Waals surface area contributed by atoms with Crippen molar-refractivity contribution in [2.75, 3.05) is 6.54 Å². The molecular weight excluding hydrogens is 262 g/mol. The zero-order valence-corrected chi connectivity index (χ0v) is 12.2. The minimum atomic E-state index is 0.0280. The largest absolute Gasteiger partial charge is 0.354 e. The first-order chi connectivity index (χ1) is 10.3. The molecule has 1 aliphatic rings. The van der Waals surface area contributed by atoms with Crippen LogP contribution in [0.3, 0.4) is 0 Å². The van der Waals surface area contributed by atoms with Gasteiger partial charge in [-0.05, 0) is 38.2 Å². The van der Waals surface area contributed by atoms with Crippen molar-refractivity contribution in [1.82, 2.24) is 15.1 Å². The molecule has 0 fully saturated rings.